The summed E-state index contributed by atoms with van der Waals surface area (Å²) < 4.78 is 5.32. The average molecular weight is 351 g/mol. The molecule has 0 aromatic carbocycles. The summed E-state index contributed by atoms with van der Waals surface area (Å²) in [6, 6.07) is 3.59. The summed E-state index contributed by atoms with van der Waals surface area (Å²) in [7, 11) is 1.57. The van der Waals surface area contributed by atoms with Crippen molar-refractivity contribution in [3.05, 3.63) is 23.5 Å². The summed E-state index contributed by atoms with van der Waals surface area (Å²) in [5.74, 6) is -1.08. The minimum atomic E-state index is -0.858. The molecular weight excluding hydrogens is 326 g/mol. The monoisotopic (exact) mass is 351 g/mol. The molecule has 0 fully saturated rings. The van der Waals surface area contributed by atoms with Crippen LogP contribution in [0.4, 0.5) is 0 Å². The molecule has 0 amide bonds. The zero-order chi connectivity index (χ0) is 18.2. The third kappa shape index (κ3) is 6.67. The highest BCUT2D eigenvalue weighted by molar-refractivity contribution is 5.69. The first kappa shape index (κ1) is 19.1. The van der Waals surface area contributed by atoms with E-state index in [2.05, 4.69) is 4.98 Å². The van der Waals surface area contributed by atoms with Gasteiger partial charge >= 0.3 is 11.9 Å². The molecule has 2 rings (SSSR count). The molecule has 1 aromatic heterocycles. The fourth-order valence-electron chi connectivity index (χ4n) is 3.02. The highest BCUT2D eigenvalue weighted by Gasteiger charge is 2.16. The van der Waals surface area contributed by atoms with E-state index >= 15 is 0 Å². The number of carboxylic acids is 2. The van der Waals surface area contributed by atoms with E-state index in [0.717, 1.165) is 30.7 Å². The molecule has 0 saturated heterocycles. The summed E-state index contributed by atoms with van der Waals surface area (Å²) in [4.78, 5) is 30.5. The van der Waals surface area contributed by atoms with E-state index < -0.39 is 11.9 Å². The van der Waals surface area contributed by atoms with Crippen molar-refractivity contribution < 1.29 is 24.5 Å². The molecule has 25 heavy (non-hydrogen) atoms. The minimum Gasteiger partial charge on any atom is -0.497 e. The molecule has 0 atom stereocenters. The van der Waals surface area contributed by atoms with Crippen LogP contribution in [0.1, 0.15) is 30.7 Å². The van der Waals surface area contributed by atoms with Gasteiger partial charge in [0.2, 0.25) is 0 Å². The molecule has 8 heteroatoms. The maximum atomic E-state index is 11.1. The third-order valence-corrected chi connectivity index (χ3v) is 4.08. The predicted octanol–water partition coefficient (Wildman–Crippen LogP) is 1.05. The normalized spacial score (nSPS) is 17.3. The minimum absolute atomic E-state index is 0.0284. The number of fused-ring (bicyclic) bond motifs is 2. The van der Waals surface area contributed by atoms with E-state index in [0.29, 0.717) is 31.9 Å². The van der Waals surface area contributed by atoms with Crippen LogP contribution in [0.5, 0.6) is 5.75 Å². The Kier molecular flexibility index (Phi) is 7.15. The largest absolute Gasteiger partial charge is 0.497 e. The first-order valence-corrected chi connectivity index (χ1v) is 8.38. The van der Waals surface area contributed by atoms with Gasteiger partial charge < -0.3 is 14.9 Å². The smallest absolute Gasteiger partial charge is 0.317 e. The number of carboxylic acid groups (broad SMARTS) is 2. The van der Waals surface area contributed by atoms with Gasteiger partial charge in [0.25, 0.3) is 0 Å². The number of hydrogen-bond acceptors (Lipinski definition) is 6. The van der Waals surface area contributed by atoms with E-state index in [9.17, 15) is 9.59 Å². The number of carbonyl (C=O) groups is 2. The number of hydrogen-bond donors (Lipinski definition) is 2. The summed E-state index contributed by atoms with van der Waals surface area (Å²) in [6.45, 7) is 2.13. The van der Waals surface area contributed by atoms with Gasteiger partial charge in [-0.1, -0.05) is 6.42 Å². The van der Waals surface area contributed by atoms with Crippen molar-refractivity contribution >= 4 is 11.9 Å². The number of methoxy groups -OCH3 is 1. The van der Waals surface area contributed by atoms with Crippen molar-refractivity contribution in [2.45, 2.75) is 32.4 Å². The van der Waals surface area contributed by atoms with Crippen molar-refractivity contribution in [1.82, 2.24) is 14.8 Å². The molecule has 2 bridgehead atoms. The zero-order valence-corrected chi connectivity index (χ0v) is 14.5. The number of aliphatic carboxylic acids is 2. The summed E-state index contributed by atoms with van der Waals surface area (Å²) in [6.07, 6.45) is 2.66. The Hall–Kier alpha value is -2.19. The molecule has 0 radical (unpaired) electrons. The molecular formula is C17H25N3O5. The van der Waals surface area contributed by atoms with Gasteiger partial charge in [-0.15, -0.1) is 0 Å². The average Bonchev–Trinajstić information content (AvgIpc) is 2.51. The lowest BCUT2D eigenvalue weighted by atomic mass is 10.2. The van der Waals surface area contributed by atoms with Crippen LogP contribution in [-0.2, 0) is 22.7 Å². The molecule has 138 valence electrons. The molecule has 0 unspecified atom stereocenters. The highest BCUT2D eigenvalue weighted by Crippen LogP contribution is 2.18. The van der Waals surface area contributed by atoms with Crippen LogP contribution in [-0.4, -0.2) is 70.2 Å². The molecule has 0 saturated carbocycles. The molecule has 1 aliphatic heterocycles. The third-order valence-electron chi connectivity index (χ3n) is 4.08. The van der Waals surface area contributed by atoms with Gasteiger partial charge in [-0.05, 0) is 25.9 Å². The molecule has 0 spiro atoms. The maximum Gasteiger partial charge on any atom is 0.317 e. The van der Waals surface area contributed by atoms with Gasteiger partial charge in [-0.3, -0.25) is 24.4 Å². The molecule has 2 heterocycles. The van der Waals surface area contributed by atoms with Crippen molar-refractivity contribution in [3.8, 4) is 5.75 Å². The van der Waals surface area contributed by atoms with Crippen molar-refractivity contribution in [1.29, 1.82) is 0 Å². The lowest BCUT2D eigenvalue weighted by molar-refractivity contribution is -0.139. The number of pyridine rings is 1. The van der Waals surface area contributed by atoms with Gasteiger partial charge in [0.05, 0.1) is 31.6 Å². The Labute approximate surface area is 147 Å². The first-order valence-electron chi connectivity index (χ1n) is 8.38. The first-order chi connectivity index (χ1) is 12.0. The standard InChI is InChI=1S/C17H25N3O5/c1-25-15-7-13-9-19(11-16(21)22)5-3-2-4-6-20(12-17(23)24)10-14(8-15)18-13/h7-8H,2-6,9-12H2,1H3,(H,21,22)(H,23,24). The second-order valence-corrected chi connectivity index (χ2v) is 6.26. The summed E-state index contributed by atoms with van der Waals surface area (Å²) in [5.41, 5.74) is 1.46. The quantitative estimate of drug-likeness (QED) is 0.811. The topological polar surface area (TPSA) is 103 Å². The Bertz CT molecular complexity index is 562. The maximum absolute atomic E-state index is 11.1. The predicted molar refractivity (Wildman–Crippen MR) is 90.5 cm³/mol. The van der Waals surface area contributed by atoms with E-state index in [1.54, 1.807) is 19.2 Å². The second kappa shape index (κ2) is 9.33. The molecule has 2 N–H and O–H groups in total. The fraction of sp³-hybridized carbons (Fsp3) is 0.588. The van der Waals surface area contributed by atoms with Crippen LogP contribution in [0.3, 0.4) is 0 Å². The van der Waals surface area contributed by atoms with E-state index in [1.807, 2.05) is 9.80 Å². The van der Waals surface area contributed by atoms with Crippen LogP contribution in [0, 0.1) is 0 Å². The van der Waals surface area contributed by atoms with Crippen molar-refractivity contribution in [3.63, 3.8) is 0 Å². The second-order valence-electron chi connectivity index (χ2n) is 6.26. The number of ether oxygens (including phenoxy) is 1. The fourth-order valence-corrected chi connectivity index (χ4v) is 3.02. The van der Waals surface area contributed by atoms with Crippen LogP contribution in [0.15, 0.2) is 12.1 Å². The van der Waals surface area contributed by atoms with Crippen LogP contribution in [0.25, 0.3) is 0 Å². The lowest BCUT2D eigenvalue weighted by Crippen LogP contribution is -2.33. The molecule has 1 aliphatic rings. The number of rotatable bonds is 5. The molecule has 0 aliphatic carbocycles. The van der Waals surface area contributed by atoms with Crippen LogP contribution in [0.2, 0.25) is 0 Å². The van der Waals surface area contributed by atoms with E-state index in [4.69, 9.17) is 14.9 Å². The molecule has 1 aromatic rings. The zero-order valence-electron chi connectivity index (χ0n) is 14.5. The Morgan fingerprint density at radius 3 is 1.88 bits per heavy atom. The van der Waals surface area contributed by atoms with Crippen LogP contribution >= 0.6 is 0 Å². The van der Waals surface area contributed by atoms with Crippen LogP contribution < -0.4 is 4.74 Å². The Balaban J connectivity index is 2.26. The Morgan fingerprint density at radius 1 is 1.00 bits per heavy atom. The van der Waals surface area contributed by atoms with Gasteiger partial charge in [-0.25, -0.2) is 0 Å². The van der Waals surface area contributed by atoms with Crippen molar-refractivity contribution in [2.24, 2.45) is 0 Å². The van der Waals surface area contributed by atoms with Gasteiger partial charge in [-0.2, -0.15) is 0 Å². The SMILES string of the molecule is COc1cc2nc(c1)CN(CC(=O)O)CCCCCN(CC(=O)O)C2. The Morgan fingerprint density at radius 2 is 1.48 bits per heavy atom. The number of aromatic nitrogens is 1. The highest BCUT2D eigenvalue weighted by atomic mass is 16.5. The van der Waals surface area contributed by atoms with E-state index in [-0.39, 0.29) is 13.1 Å². The lowest BCUT2D eigenvalue weighted by Gasteiger charge is -2.24. The van der Waals surface area contributed by atoms with Gasteiger partial charge in [0, 0.05) is 25.2 Å². The number of nitrogens with zero attached hydrogens (tertiary/aromatic N) is 3. The van der Waals surface area contributed by atoms with Gasteiger partial charge in [0.1, 0.15) is 5.75 Å². The summed E-state index contributed by atoms with van der Waals surface area (Å²) in [5, 5.41) is 18.2. The van der Waals surface area contributed by atoms with Crippen molar-refractivity contribution in [2.75, 3.05) is 33.3 Å². The van der Waals surface area contributed by atoms with Gasteiger partial charge in [0.15, 0.2) is 0 Å². The molecule has 8 nitrogen and oxygen atoms in total. The summed E-state index contributed by atoms with van der Waals surface area (Å²) >= 11 is 0. The van der Waals surface area contributed by atoms with E-state index in [1.165, 1.54) is 0 Å².